The molecule has 0 bridgehead atoms. The predicted molar refractivity (Wildman–Crippen MR) is 98.1 cm³/mol. The molecule has 0 radical (unpaired) electrons. The van der Waals surface area contributed by atoms with Gasteiger partial charge in [0.1, 0.15) is 5.82 Å². The molecule has 2 aliphatic heterocycles. The van der Waals surface area contributed by atoms with Crippen LogP contribution in [-0.2, 0) is 4.79 Å². The molecule has 1 saturated carbocycles. The van der Waals surface area contributed by atoms with Gasteiger partial charge in [-0.05, 0) is 50.7 Å². The van der Waals surface area contributed by atoms with Crippen LogP contribution in [0.5, 0.6) is 0 Å². The molecule has 7 heteroatoms. The molecule has 7 nitrogen and oxygen atoms in total. The predicted octanol–water partition coefficient (Wildman–Crippen LogP) is 2.23. The van der Waals surface area contributed by atoms with Gasteiger partial charge in [0, 0.05) is 38.0 Å². The number of rotatable bonds is 3. The van der Waals surface area contributed by atoms with Crippen LogP contribution in [0.2, 0.25) is 0 Å². The number of amides is 1. The molecule has 3 aliphatic rings. The monoisotopic (exact) mass is 354 g/mol. The number of carbonyl (C=O) groups excluding carboxylic acids is 1. The zero-order valence-electron chi connectivity index (χ0n) is 15.2. The number of aromatic nitrogens is 4. The zero-order valence-corrected chi connectivity index (χ0v) is 15.2. The van der Waals surface area contributed by atoms with Crippen molar-refractivity contribution in [3.63, 3.8) is 0 Å². The lowest BCUT2D eigenvalue weighted by atomic mass is 9.83. The van der Waals surface area contributed by atoms with Gasteiger partial charge in [0.25, 0.3) is 0 Å². The molecule has 0 unspecified atom stereocenters. The Morgan fingerprint density at radius 3 is 2.38 bits per heavy atom. The van der Waals surface area contributed by atoms with Crippen LogP contribution in [-0.4, -0.2) is 56.8 Å². The summed E-state index contributed by atoms with van der Waals surface area (Å²) in [7, 11) is 0. The molecule has 5 rings (SSSR count). The van der Waals surface area contributed by atoms with Gasteiger partial charge < -0.3 is 9.80 Å². The second-order valence-electron chi connectivity index (χ2n) is 7.94. The number of hydrogen-bond donors (Lipinski definition) is 0. The first kappa shape index (κ1) is 16.0. The summed E-state index contributed by atoms with van der Waals surface area (Å²) in [5.41, 5.74) is 0.816. The van der Waals surface area contributed by atoms with E-state index in [0.29, 0.717) is 17.7 Å². The van der Waals surface area contributed by atoms with E-state index in [4.69, 9.17) is 5.10 Å². The lowest BCUT2D eigenvalue weighted by Crippen LogP contribution is -2.43. The summed E-state index contributed by atoms with van der Waals surface area (Å²) < 4.78 is 1.93. The summed E-state index contributed by atoms with van der Waals surface area (Å²) in [6.45, 7) is 3.83. The molecular weight excluding hydrogens is 328 g/mol. The molecule has 3 fully saturated rings. The molecule has 138 valence electrons. The minimum absolute atomic E-state index is 0.296. The summed E-state index contributed by atoms with van der Waals surface area (Å²) in [5, 5.41) is 13.6. The third kappa shape index (κ3) is 2.73. The van der Waals surface area contributed by atoms with E-state index in [1.54, 1.807) is 0 Å². The summed E-state index contributed by atoms with van der Waals surface area (Å²) in [6, 6.07) is 4.07. The highest BCUT2D eigenvalue weighted by Crippen LogP contribution is 2.32. The maximum atomic E-state index is 12.5. The largest absolute Gasteiger partial charge is 0.355 e. The third-order valence-electron chi connectivity index (χ3n) is 6.33. The summed E-state index contributed by atoms with van der Waals surface area (Å²) in [6.07, 6.45) is 7.76. The quantitative estimate of drug-likeness (QED) is 0.846. The summed E-state index contributed by atoms with van der Waals surface area (Å²) in [4.78, 5) is 16.9. The molecule has 0 spiro atoms. The smallest absolute Gasteiger partial charge is 0.225 e. The van der Waals surface area contributed by atoms with Gasteiger partial charge in [0.15, 0.2) is 11.5 Å². The van der Waals surface area contributed by atoms with Crippen LogP contribution in [0.1, 0.15) is 56.7 Å². The van der Waals surface area contributed by atoms with Gasteiger partial charge in [-0.25, -0.2) is 0 Å². The Bertz CT molecular complexity index is 799. The third-order valence-corrected chi connectivity index (χ3v) is 6.33. The van der Waals surface area contributed by atoms with Gasteiger partial charge in [-0.2, -0.15) is 4.52 Å². The molecule has 4 heterocycles. The second kappa shape index (κ2) is 6.52. The van der Waals surface area contributed by atoms with E-state index in [2.05, 4.69) is 26.1 Å². The summed E-state index contributed by atoms with van der Waals surface area (Å²) in [5.74, 6) is 2.97. The molecule has 2 aromatic rings. The molecule has 0 atom stereocenters. The van der Waals surface area contributed by atoms with E-state index in [1.165, 1.54) is 19.3 Å². The first-order valence-corrected chi connectivity index (χ1v) is 10.1. The zero-order chi connectivity index (χ0) is 17.5. The number of anilines is 1. The number of piperidine rings is 1. The van der Waals surface area contributed by atoms with Crippen molar-refractivity contribution >= 4 is 17.4 Å². The highest BCUT2D eigenvalue weighted by Gasteiger charge is 2.33. The average molecular weight is 354 g/mol. The molecule has 0 N–H and O–H groups in total. The fraction of sp³-hybridized carbons (Fsp3) is 0.684. The molecule has 26 heavy (non-hydrogen) atoms. The highest BCUT2D eigenvalue weighted by atomic mass is 16.2. The minimum Gasteiger partial charge on any atom is -0.355 e. The lowest BCUT2D eigenvalue weighted by molar-refractivity contribution is -0.139. The Hall–Kier alpha value is -2.18. The maximum Gasteiger partial charge on any atom is 0.225 e. The molecule has 1 amide bonds. The van der Waals surface area contributed by atoms with Gasteiger partial charge >= 0.3 is 0 Å². The first-order valence-electron chi connectivity index (χ1n) is 10.1. The van der Waals surface area contributed by atoms with Crippen LogP contribution in [0.3, 0.4) is 0 Å². The maximum absolute atomic E-state index is 12.5. The molecule has 1 aliphatic carbocycles. The van der Waals surface area contributed by atoms with Crippen molar-refractivity contribution in [2.45, 2.75) is 50.9 Å². The number of likely N-dealkylation sites (tertiary alicyclic amines) is 1. The average Bonchev–Trinajstić information content (AvgIpc) is 3.29. The van der Waals surface area contributed by atoms with E-state index < -0.39 is 0 Å². The van der Waals surface area contributed by atoms with Gasteiger partial charge in [0.05, 0.1) is 0 Å². The normalized spacial score (nSPS) is 22.2. The standard InChI is InChI=1S/C19H26N6O/c26-19(15-4-3-5-15)24-12-8-14(9-13-24)18-21-20-16-6-7-17(22-25(16)18)23-10-1-2-11-23/h6-7,14-15H,1-5,8-13H2. The van der Waals surface area contributed by atoms with Crippen LogP contribution in [0.15, 0.2) is 12.1 Å². The van der Waals surface area contributed by atoms with Crippen molar-refractivity contribution in [1.82, 2.24) is 24.7 Å². The molecule has 2 saturated heterocycles. The van der Waals surface area contributed by atoms with Crippen molar-refractivity contribution in [1.29, 1.82) is 0 Å². The van der Waals surface area contributed by atoms with Crippen LogP contribution in [0.4, 0.5) is 5.82 Å². The Kier molecular flexibility index (Phi) is 4.02. The summed E-state index contributed by atoms with van der Waals surface area (Å²) >= 11 is 0. The first-order chi connectivity index (χ1) is 12.8. The van der Waals surface area contributed by atoms with E-state index in [-0.39, 0.29) is 0 Å². The molecular formula is C19H26N6O. The number of nitrogens with zero attached hydrogens (tertiary/aromatic N) is 6. The lowest BCUT2D eigenvalue weighted by Gasteiger charge is -2.36. The van der Waals surface area contributed by atoms with Gasteiger partial charge in [0.2, 0.25) is 5.91 Å². The Balaban J connectivity index is 1.32. The van der Waals surface area contributed by atoms with Crippen LogP contribution in [0, 0.1) is 5.92 Å². The van der Waals surface area contributed by atoms with Crippen molar-refractivity contribution < 1.29 is 4.79 Å². The Morgan fingerprint density at radius 1 is 0.923 bits per heavy atom. The minimum atomic E-state index is 0.296. The van der Waals surface area contributed by atoms with Crippen molar-refractivity contribution in [3.05, 3.63) is 18.0 Å². The van der Waals surface area contributed by atoms with Crippen molar-refractivity contribution in [3.8, 4) is 0 Å². The number of carbonyl (C=O) groups is 1. The van der Waals surface area contributed by atoms with E-state index >= 15 is 0 Å². The van der Waals surface area contributed by atoms with E-state index in [1.807, 2.05) is 10.6 Å². The van der Waals surface area contributed by atoms with Crippen LogP contribution in [0.25, 0.3) is 5.65 Å². The number of fused-ring (bicyclic) bond motifs is 1. The van der Waals surface area contributed by atoms with Gasteiger partial charge in [-0.3, -0.25) is 4.79 Å². The SMILES string of the molecule is O=C(C1CCC1)N1CCC(c2nnc3ccc(N4CCCC4)nn23)CC1. The van der Waals surface area contributed by atoms with Crippen molar-refractivity contribution in [2.75, 3.05) is 31.1 Å². The fourth-order valence-electron chi connectivity index (χ4n) is 4.44. The molecule has 0 aromatic carbocycles. The fourth-order valence-corrected chi connectivity index (χ4v) is 4.44. The Labute approximate surface area is 153 Å². The van der Waals surface area contributed by atoms with Crippen LogP contribution < -0.4 is 4.90 Å². The van der Waals surface area contributed by atoms with Crippen LogP contribution >= 0.6 is 0 Å². The Morgan fingerprint density at radius 2 is 1.69 bits per heavy atom. The van der Waals surface area contributed by atoms with E-state index in [9.17, 15) is 4.79 Å². The number of hydrogen-bond acceptors (Lipinski definition) is 5. The second-order valence-corrected chi connectivity index (χ2v) is 7.94. The van der Waals surface area contributed by atoms with E-state index in [0.717, 1.165) is 69.2 Å². The highest BCUT2D eigenvalue weighted by molar-refractivity contribution is 5.79. The van der Waals surface area contributed by atoms with Crippen molar-refractivity contribution in [2.24, 2.45) is 5.92 Å². The topological polar surface area (TPSA) is 66.6 Å². The van der Waals surface area contributed by atoms with Gasteiger partial charge in [-0.1, -0.05) is 6.42 Å². The van der Waals surface area contributed by atoms with Gasteiger partial charge in [-0.15, -0.1) is 15.3 Å². The molecule has 2 aromatic heterocycles.